The van der Waals surface area contributed by atoms with Crippen molar-refractivity contribution in [3.05, 3.63) is 61.5 Å². The van der Waals surface area contributed by atoms with Crippen LogP contribution in [0.3, 0.4) is 0 Å². The molecule has 0 N–H and O–H groups in total. The average Bonchev–Trinajstić information content (AvgIpc) is 3.36. The van der Waals surface area contributed by atoms with Gasteiger partial charge in [-0.25, -0.2) is 0 Å². The number of hydrogen-bond donors (Lipinski definition) is 0. The first-order chi connectivity index (χ1) is 12.7. The Kier molecular flexibility index (Phi) is 4.81. The van der Waals surface area contributed by atoms with E-state index < -0.39 is 0 Å². The highest BCUT2D eigenvalue weighted by atomic mass is 32.1. The van der Waals surface area contributed by atoms with Crippen LogP contribution >= 0.6 is 22.7 Å². The highest BCUT2D eigenvalue weighted by molar-refractivity contribution is 7.15. The van der Waals surface area contributed by atoms with Crippen LogP contribution in [0, 0.1) is 0 Å². The van der Waals surface area contributed by atoms with Crippen LogP contribution in [0.5, 0.6) is 5.75 Å². The fourth-order valence-electron chi connectivity index (χ4n) is 2.49. The Hall–Kier alpha value is -2.51. The molecular formula is C19H17N3O2S2. The third-order valence-corrected chi connectivity index (χ3v) is 5.66. The Labute approximate surface area is 158 Å². The molecule has 0 aliphatic rings. The molecule has 0 bridgehead atoms. The van der Waals surface area contributed by atoms with E-state index in [0.29, 0.717) is 15.3 Å². The molecule has 4 aromatic rings. The van der Waals surface area contributed by atoms with E-state index in [0.717, 1.165) is 35.6 Å². The predicted octanol–water partition coefficient (Wildman–Crippen LogP) is 3.61. The van der Waals surface area contributed by atoms with E-state index in [-0.39, 0.29) is 5.56 Å². The van der Waals surface area contributed by atoms with Crippen molar-refractivity contribution in [1.82, 2.24) is 14.6 Å². The molecule has 0 saturated carbocycles. The standard InChI is InChI=1S/C19H17N3O2S2/c1-2-3-10-24-14-8-6-13(7-9-14)17-20-19-22(21-17)18(23)16(26-19)12-15-5-4-11-25-15/h4-9,11-12H,2-3,10H2,1H3. The van der Waals surface area contributed by atoms with E-state index in [1.807, 2.05) is 47.9 Å². The normalized spacial score (nSPS) is 12.1. The maximum Gasteiger partial charge on any atom is 0.291 e. The maximum atomic E-state index is 12.5. The summed E-state index contributed by atoms with van der Waals surface area (Å²) in [7, 11) is 0. The van der Waals surface area contributed by atoms with E-state index in [4.69, 9.17) is 4.74 Å². The van der Waals surface area contributed by atoms with Crippen LogP contribution < -0.4 is 14.8 Å². The highest BCUT2D eigenvalue weighted by Gasteiger charge is 2.12. The molecule has 5 nitrogen and oxygen atoms in total. The van der Waals surface area contributed by atoms with Crippen molar-refractivity contribution in [2.45, 2.75) is 19.8 Å². The van der Waals surface area contributed by atoms with Crippen molar-refractivity contribution >= 4 is 33.7 Å². The summed E-state index contributed by atoms with van der Waals surface area (Å²) >= 11 is 2.96. The van der Waals surface area contributed by atoms with Gasteiger partial charge in [0.1, 0.15) is 5.75 Å². The van der Waals surface area contributed by atoms with Gasteiger partial charge in [-0.3, -0.25) is 4.79 Å². The van der Waals surface area contributed by atoms with Gasteiger partial charge in [0, 0.05) is 10.4 Å². The lowest BCUT2D eigenvalue weighted by molar-refractivity contribution is 0.309. The summed E-state index contributed by atoms with van der Waals surface area (Å²) in [5, 5.41) is 6.37. The predicted molar refractivity (Wildman–Crippen MR) is 106 cm³/mol. The number of unbranched alkanes of at least 4 members (excludes halogenated alkanes) is 1. The molecule has 132 valence electrons. The van der Waals surface area contributed by atoms with Crippen molar-refractivity contribution in [1.29, 1.82) is 0 Å². The zero-order valence-electron chi connectivity index (χ0n) is 14.2. The van der Waals surface area contributed by atoms with Gasteiger partial charge in [-0.15, -0.1) is 16.4 Å². The second kappa shape index (κ2) is 7.39. The van der Waals surface area contributed by atoms with Crippen molar-refractivity contribution in [2.24, 2.45) is 0 Å². The topological polar surface area (TPSA) is 56.5 Å². The highest BCUT2D eigenvalue weighted by Crippen LogP contribution is 2.20. The van der Waals surface area contributed by atoms with Gasteiger partial charge in [-0.2, -0.15) is 9.50 Å². The first-order valence-corrected chi connectivity index (χ1v) is 10.1. The Morgan fingerprint density at radius 3 is 2.77 bits per heavy atom. The lowest BCUT2D eigenvalue weighted by Gasteiger charge is -2.05. The second-order valence-corrected chi connectivity index (χ2v) is 7.78. The summed E-state index contributed by atoms with van der Waals surface area (Å²) in [6.45, 7) is 2.85. The molecule has 1 aromatic carbocycles. The van der Waals surface area contributed by atoms with E-state index >= 15 is 0 Å². The number of fused-ring (bicyclic) bond motifs is 1. The average molecular weight is 383 g/mol. The SMILES string of the molecule is CCCCOc1ccc(-c2nc3sc(=Cc4cccs4)c(=O)n3n2)cc1. The monoisotopic (exact) mass is 383 g/mol. The minimum Gasteiger partial charge on any atom is -0.494 e. The number of thiazole rings is 1. The number of ether oxygens (including phenoxy) is 1. The van der Waals surface area contributed by atoms with Gasteiger partial charge in [-0.1, -0.05) is 30.7 Å². The number of benzene rings is 1. The molecule has 7 heteroatoms. The summed E-state index contributed by atoms with van der Waals surface area (Å²) in [6.07, 6.45) is 4.03. The number of nitrogens with zero attached hydrogens (tertiary/aromatic N) is 3. The Morgan fingerprint density at radius 1 is 1.23 bits per heavy atom. The smallest absolute Gasteiger partial charge is 0.291 e. The summed E-state index contributed by atoms with van der Waals surface area (Å²) < 4.78 is 7.70. The Bertz CT molecular complexity index is 1110. The quantitative estimate of drug-likeness (QED) is 0.477. The largest absolute Gasteiger partial charge is 0.494 e. The van der Waals surface area contributed by atoms with E-state index in [9.17, 15) is 4.79 Å². The van der Waals surface area contributed by atoms with E-state index in [2.05, 4.69) is 17.0 Å². The zero-order chi connectivity index (χ0) is 17.9. The number of hydrogen-bond acceptors (Lipinski definition) is 6. The van der Waals surface area contributed by atoms with Gasteiger partial charge < -0.3 is 4.74 Å². The minimum atomic E-state index is -0.128. The van der Waals surface area contributed by atoms with Gasteiger partial charge in [0.15, 0.2) is 5.82 Å². The zero-order valence-corrected chi connectivity index (χ0v) is 15.8. The number of aromatic nitrogens is 3. The van der Waals surface area contributed by atoms with Crippen LogP contribution in [0.2, 0.25) is 0 Å². The summed E-state index contributed by atoms with van der Waals surface area (Å²) in [5.74, 6) is 1.39. The summed E-state index contributed by atoms with van der Waals surface area (Å²) in [5.41, 5.74) is 0.739. The van der Waals surface area contributed by atoms with Crippen molar-refractivity contribution in [3.63, 3.8) is 0 Å². The van der Waals surface area contributed by atoms with Crippen molar-refractivity contribution < 1.29 is 4.74 Å². The van der Waals surface area contributed by atoms with Crippen molar-refractivity contribution in [3.8, 4) is 17.1 Å². The van der Waals surface area contributed by atoms with Crippen LogP contribution in [0.1, 0.15) is 24.6 Å². The molecule has 0 unspecified atom stereocenters. The minimum absolute atomic E-state index is 0.128. The van der Waals surface area contributed by atoms with Crippen LogP contribution in [0.15, 0.2) is 46.6 Å². The molecular weight excluding hydrogens is 366 g/mol. The first kappa shape index (κ1) is 16.9. The molecule has 3 aromatic heterocycles. The van der Waals surface area contributed by atoms with E-state index in [1.165, 1.54) is 15.9 Å². The summed E-state index contributed by atoms with van der Waals surface area (Å²) in [6, 6.07) is 11.6. The molecule has 0 radical (unpaired) electrons. The van der Waals surface area contributed by atoms with Gasteiger partial charge in [0.2, 0.25) is 4.96 Å². The lowest BCUT2D eigenvalue weighted by Crippen LogP contribution is -2.23. The summed E-state index contributed by atoms with van der Waals surface area (Å²) in [4.78, 5) is 18.7. The lowest BCUT2D eigenvalue weighted by atomic mass is 10.2. The molecule has 0 aliphatic carbocycles. The molecule has 26 heavy (non-hydrogen) atoms. The number of rotatable bonds is 6. The van der Waals surface area contributed by atoms with Gasteiger partial charge in [0.05, 0.1) is 11.1 Å². The van der Waals surface area contributed by atoms with Crippen LogP contribution in [-0.4, -0.2) is 21.2 Å². The molecule has 0 amide bonds. The molecule has 3 heterocycles. The third kappa shape index (κ3) is 3.40. The van der Waals surface area contributed by atoms with Crippen LogP contribution in [0.4, 0.5) is 0 Å². The maximum absolute atomic E-state index is 12.5. The van der Waals surface area contributed by atoms with Gasteiger partial charge in [-0.05, 0) is 48.2 Å². The van der Waals surface area contributed by atoms with Crippen LogP contribution in [0.25, 0.3) is 22.4 Å². The second-order valence-electron chi connectivity index (χ2n) is 5.79. The molecule has 4 rings (SSSR count). The Balaban J connectivity index is 1.61. The fraction of sp³-hybridized carbons (Fsp3) is 0.211. The van der Waals surface area contributed by atoms with Crippen molar-refractivity contribution in [2.75, 3.05) is 6.61 Å². The van der Waals surface area contributed by atoms with E-state index in [1.54, 1.807) is 11.3 Å². The fourth-order valence-corrected chi connectivity index (χ4v) is 4.12. The van der Waals surface area contributed by atoms with Crippen LogP contribution in [-0.2, 0) is 0 Å². The first-order valence-electron chi connectivity index (χ1n) is 8.42. The molecule has 0 aliphatic heterocycles. The third-order valence-electron chi connectivity index (χ3n) is 3.88. The molecule has 0 atom stereocenters. The number of thiophene rings is 1. The van der Waals surface area contributed by atoms with Gasteiger partial charge >= 0.3 is 0 Å². The molecule has 0 fully saturated rings. The molecule has 0 spiro atoms. The molecule has 0 saturated heterocycles. The van der Waals surface area contributed by atoms with Gasteiger partial charge in [0.25, 0.3) is 5.56 Å². The Morgan fingerprint density at radius 2 is 2.08 bits per heavy atom.